The second-order valence-electron chi connectivity index (χ2n) is 7.57. The maximum atomic E-state index is 13.5. The van der Waals surface area contributed by atoms with E-state index < -0.39 is 0 Å². The molecule has 4 nitrogen and oxygen atoms in total. The molecule has 2 aromatic rings. The monoisotopic (exact) mass is 432 g/mol. The quantitative estimate of drug-likeness (QED) is 0.328. The van der Waals surface area contributed by atoms with Gasteiger partial charge in [0.05, 0.1) is 11.4 Å². The van der Waals surface area contributed by atoms with Gasteiger partial charge in [-0.1, -0.05) is 61.7 Å². The smallest absolute Gasteiger partial charge is 0.126 e. The van der Waals surface area contributed by atoms with E-state index in [1.54, 1.807) is 19.2 Å². The van der Waals surface area contributed by atoms with Crippen LogP contribution < -0.4 is 16.0 Å². The van der Waals surface area contributed by atoms with Gasteiger partial charge >= 0.3 is 0 Å². The van der Waals surface area contributed by atoms with Crippen LogP contribution in [0, 0.1) is 19.7 Å². The van der Waals surface area contributed by atoms with Gasteiger partial charge in [-0.2, -0.15) is 0 Å². The summed E-state index contributed by atoms with van der Waals surface area (Å²) in [7, 11) is 1.82. The fraction of sp³-hybridized carbons (Fsp3) is 0.222. The van der Waals surface area contributed by atoms with Gasteiger partial charge in [0, 0.05) is 37.6 Å². The SMILES string of the molecule is C=C(NCc1ccc(F)c(C)c1)C(=C)/C(NC)=C(\N=CC)C(=C)NCc1ccc(C)cc1. The summed E-state index contributed by atoms with van der Waals surface area (Å²) in [6.07, 6.45) is 1.72. The number of aliphatic imine (C=N–C) groups is 1. The Hall–Kier alpha value is -3.60. The van der Waals surface area contributed by atoms with Crippen molar-refractivity contribution in [3.05, 3.63) is 119 Å². The van der Waals surface area contributed by atoms with E-state index in [1.807, 2.05) is 20.0 Å². The minimum absolute atomic E-state index is 0.212. The Labute approximate surface area is 191 Å². The Bertz CT molecular complexity index is 1050. The lowest BCUT2D eigenvalue weighted by molar-refractivity contribution is 0.617. The molecule has 3 N–H and O–H groups in total. The molecule has 0 aliphatic heterocycles. The van der Waals surface area contributed by atoms with Crippen LogP contribution >= 0.6 is 0 Å². The maximum absolute atomic E-state index is 13.5. The third-order valence-electron chi connectivity index (χ3n) is 5.05. The summed E-state index contributed by atoms with van der Waals surface area (Å²) in [5, 5.41) is 9.80. The molecule has 0 saturated carbocycles. The van der Waals surface area contributed by atoms with Crippen LogP contribution in [0.25, 0.3) is 0 Å². The van der Waals surface area contributed by atoms with Crippen LogP contribution in [0.15, 0.2) is 95.6 Å². The van der Waals surface area contributed by atoms with Crippen LogP contribution in [0.1, 0.15) is 29.2 Å². The van der Waals surface area contributed by atoms with Gasteiger partial charge < -0.3 is 16.0 Å². The number of nitrogens with zero attached hydrogens (tertiary/aromatic N) is 1. The lowest BCUT2D eigenvalue weighted by Crippen LogP contribution is -2.22. The average molecular weight is 433 g/mol. The Balaban J connectivity index is 2.13. The van der Waals surface area contributed by atoms with E-state index in [4.69, 9.17) is 0 Å². The Kier molecular flexibility index (Phi) is 9.02. The molecule has 32 heavy (non-hydrogen) atoms. The van der Waals surface area contributed by atoms with Crippen molar-refractivity contribution < 1.29 is 4.39 Å². The topological polar surface area (TPSA) is 48.5 Å². The first-order valence-electron chi connectivity index (χ1n) is 10.5. The summed E-state index contributed by atoms with van der Waals surface area (Å²) in [5.74, 6) is -0.212. The molecular formula is C27H33FN4. The molecule has 0 aliphatic rings. The van der Waals surface area contributed by atoms with Crippen molar-refractivity contribution in [1.29, 1.82) is 0 Å². The molecular weight excluding hydrogens is 399 g/mol. The van der Waals surface area contributed by atoms with Crippen molar-refractivity contribution in [2.24, 2.45) is 4.99 Å². The fourth-order valence-electron chi connectivity index (χ4n) is 3.12. The van der Waals surface area contributed by atoms with Gasteiger partial charge in [-0.15, -0.1) is 0 Å². The summed E-state index contributed by atoms with van der Waals surface area (Å²) >= 11 is 0. The summed E-state index contributed by atoms with van der Waals surface area (Å²) in [6, 6.07) is 13.4. The highest BCUT2D eigenvalue weighted by Crippen LogP contribution is 2.21. The molecule has 2 aromatic carbocycles. The molecule has 0 heterocycles. The molecule has 0 bridgehead atoms. The predicted molar refractivity (Wildman–Crippen MR) is 134 cm³/mol. The Morgan fingerprint density at radius 2 is 1.53 bits per heavy atom. The number of halogens is 1. The highest BCUT2D eigenvalue weighted by atomic mass is 19.1. The molecule has 0 spiro atoms. The fourth-order valence-corrected chi connectivity index (χ4v) is 3.12. The van der Waals surface area contributed by atoms with Gasteiger partial charge in [-0.25, -0.2) is 4.39 Å². The molecule has 0 unspecified atom stereocenters. The van der Waals surface area contributed by atoms with Crippen LogP contribution in [0.2, 0.25) is 0 Å². The normalized spacial score (nSPS) is 11.7. The van der Waals surface area contributed by atoms with E-state index in [0.29, 0.717) is 41.3 Å². The summed E-state index contributed by atoms with van der Waals surface area (Å²) < 4.78 is 13.5. The first-order chi connectivity index (χ1) is 15.3. The summed E-state index contributed by atoms with van der Waals surface area (Å²) in [6.45, 7) is 19.3. The number of hydrogen-bond acceptors (Lipinski definition) is 4. The van der Waals surface area contributed by atoms with Gasteiger partial charge in [0.1, 0.15) is 11.5 Å². The molecule has 0 amide bonds. The zero-order valence-electron chi connectivity index (χ0n) is 19.5. The molecule has 0 fully saturated rings. The molecule has 0 atom stereocenters. The summed E-state index contributed by atoms with van der Waals surface area (Å²) in [4.78, 5) is 4.52. The Morgan fingerprint density at radius 3 is 2.12 bits per heavy atom. The highest BCUT2D eigenvalue weighted by Gasteiger charge is 2.14. The molecule has 5 heteroatoms. The number of likely N-dealkylation sites (N-methyl/N-ethyl adjacent to an activating group) is 1. The van der Waals surface area contributed by atoms with E-state index in [1.165, 1.54) is 11.6 Å². The first-order valence-corrected chi connectivity index (χ1v) is 10.5. The molecule has 0 saturated heterocycles. The van der Waals surface area contributed by atoms with E-state index in [-0.39, 0.29) is 5.82 Å². The Morgan fingerprint density at radius 1 is 0.938 bits per heavy atom. The minimum Gasteiger partial charge on any atom is -0.386 e. The molecule has 2 rings (SSSR count). The van der Waals surface area contributed by atoms with Gasteiger partial charge in [0.2, 0.25) is 0 Å². The lowest BCUT2D eigenvalue weighted by atomic mass is 10.1. The van der Waals surface area contributed by atoms with Crippen molar-refractivity contribution in [1.82, 2.24) is 16.0 Å². The van der Waals surface area contributed by atoms with Gasteiger partial charge in [-0.3, -0.25) is 4.99 Å². The third kappa shape index (κ3) is 6.71. The first kappa shape index (κ1) is 24.7. The predicted octanol–water partition coefficient (Wildman–Crippen LogP) is 5.43. The van der Waals surface area contributed by atoms with Gasteiger partial charge in [-0.05, 0) is 43.5 Å². The van der Waals surface area contributed by atoms with Crippen molar-refractivity contribution in [3.8, 4) is 0 Å². The molecule has 0 aliphatic carbocycles. The lowest BCUT2D eigenvalue weighted by Gasteiger charge is -2.20. The average Bonchev–Trinajstić information content (AvgIpc) is 2.78. The number of hydrogen-bond donors (Lipinski definition) is 3. The zero-order chi connectivity index (χ0) is 23.7. The molecule has 0 aromatic heterocycles. The third-order valence-corrected chi connectivity index (χ3v) is 5.05. The van der Waals surface area contributed by atoms with E-state index in [2.05, 4.69) is 71.9 Å². The van der Waals surface area contributed by atoms with Crippen molar-refractivity contribution in [2.75, 3.05) is 7.05 Å². The second kappa shape index (κ2) is 11.7. The number of aryl methyl sites for hydroxylation is 2. The maximum Gasteiger partial charge on any atom is 0.126 e. The number of benzene rings is 2. The van der Waals surface area contributed by atoms with Crippen LogP contribution in [-0.4, -0.2) is 13.3 Å². The van der Waals surface area contributed by atoms with Crippen LogP contribution in [-0.2, 0) is 13.1 Å². The van der Waals surface area contributed by atoms with Crippen LogP contribution in [0.5, 0.6) is 0 Å². The van der Waals surface area contributed by atoms with Crippen LogP contribution in [0.3, 0.4) is 0 Å². The zero-order valence-corrected chi connectivity index (χ0v) is 19.5. The molecule has 168 valence electrons. The van der Waals surface area contributed by atoms with Gasteiger partial charge in [0.25, 0.3) is 0 Å². The van der Waals surface area contributed by atoms with E-state index in [9.17, 15) is 4.39 Å². The second-order valence-corrected chi connectivity index (χ2v) is 7.57. The number of nitrogens with one attached hydrogen (secondary N) is 3. The van der Waals surface area contributed by atoms with Crippen molar-refractivity contribution in [3.63, 3.8) is 0 Å². The largest absolute Gasteiger partial charge is 0.386 e. The number of rotatable bonds is 11. The minimum atomic E-state index is -0.212. The van der Waals surface area contributed by atoms with Gasteiger partial charge in [0.15, 0.2) is 0 Å². The van der Waals surface area contributed by atoms with E-state index in [0.717, 1.165) is 16.8 Å². The van der Waals surface area contributed by atoms with E-state index >= 15 is 0 Å². The van der Waals surface area contributed by atoms with Crippen molar-refractivity contribution >= 4 is 6.21 Å². The van der Waals surface area contributed by atoms with Crippen molar-refractivity contribution in [2.45, 2.75) is 33.9 Å². The highest BCUT2D eigenvalue weighted by molar-refractivity contribution is 5.59. The van der Waals surface area contributed by atoms with Crippen LogP contribution in [0.4, 0.5) is 4.39 Å². The molecule has 0 radical (unpaired) electrons. The standard InChI is InChI=1S/C27H33FN4/c1-8-30-27(22(6)32-16-23-11-9-18(2)10-12-23)26(29-7)20(4)21(5)31-17-24-13-14-25(28)19(3)15-24/h8-15,29,31-32H,4-6,16-17H2,1-3,7H3/b27-26+,30-8?. The summed E-state index contributed by atoms with van der Waals surface area (Å²) in [5.41, 5.74) is 7.32.